The summed E-state index contributed by atoms with van der Waals surface area (Å²) in [6, 6.07) is 22.5. The molecule has 2 aromatic rings. The van der Waals surface area contributed by atoms with Crippen molar-refractivity contribution >= 4 is 58.9 Å². The van der Waals surface area contributed by atoms with Gasteiger partial charge in [0.25, 0.3) is 5.91 Å². The quantitative estimate of drug-likeness (QED) is 0.359. The minimum absolute atomic E-state index is 0.470. The number of nitrogens with two attached hydrogens (primary N) is 2. The van der Waals surface area contributed by atoms with E-state index in [2.05, 4.69) is 60.7 Å². The van der Waals surface area contributed by atoms with Gasteiger partial charge >= 0.3 is 0 Å². The fourth-order valence-corrected chi connectivity index (χ4v) is 2.10. The van der Waals surface area contributed by atoms with E-state index in [-0.39, 0.29) is 0 Å². The predicted octanol–water partition coefficient (Wildman–Crippen LogP) is 1.65. The molecule has 2 rings (SSSR count). The average molecular weight is 394 g/mol. The molecule has 4 nitrogen and oxygen atoms in total. The topological polar surface area (TPSA) is 92.9 Å². The van der Waals surface area contributed by atoms with Crippen molar-refractivity contribution in [1.82, 2.24) is 0 Å². The number of rotatable bonds is 3. The van der Waals surface area contributed by atoms with E-state index in [0.717, 1.165) is 7.28 Å². The van der Waals surface area contributed by atoms with Crippen molar-refractivity contribution in [2.75, 3.05) is 0 Å². The highest BCUT2D eigenvalue weighted by Crippen LogP contribution is 2.32. The van der Waals surface area contributed by atoms with E-state index in [1.54, 1.807) is 0 Å². The van der Waals surface area contributed by atoms with Gasteiger partial charge in [0.05, 0.1) is 5.70 Å². The molecule has 0 bridgehead atoms. The molecule has 0 atom stereocenters. The minimum Gasteiger partial charge on any atom is -0.397 e. The normalized spacial score (nSPS) is 11.3. The number of nitriles is 1. The first kappa shape index (κ1) is 20.9. The first-order valence-corrected chi connectivity index (χ1v) is 8.23. The fourth-order valence-electron chi connectivity index (χ4n) is 1.82. The zero-order valence-corrected chi connectivity index (χ0v) is 15.4. The maximum absolute atomic E-state index is 10.5. The molecule has 8 heteroatoms. The standard InChI is InChI=1S/C12H11B.C5H4Cl3N3O/c1-3-7-11(8-4-1)13-12-9-5-2-6-10-12;6-5(7,8)3(10)2(1-9)4(11)12/h1-10,13H;10H2,(H2,11,12)/b;3-2-. The number of carbonyl (C=O) groups excluding carboxylic acids is 1. The molecule has 0 aliphatic carbocycles. The largest absolute Gasteiger partial charge is 0.397 e. The predicted molar refractivity (Wildman–Crippen MR) is 106 cm³/mol. The third-order valence-corrected chi connectivity index (χ3v) is 3.64. The first-order chi connectivity index (χ1) is 11.8. The van der Waals surface area contributed by atoms with E-state index in [4.69, 9.17) is 51.5 Å². The van der Waals surface area contributed by atoms with E-state index in [1.165, 1.54) is 17.0 Å². The molecular weight excluding hydrogens is 379 g/mol. The molecule has 128 valence electrons. The van der Waals surface area contributed by atoms with Gasteiger partial charge in [0, 0.05) is 0 Å². The molecule has 0 aromatic heterocycles. The van der Waals surface area contributed by atoms with Gasteiger partial charge in [-0.15, -0.1) is 0 Å². The second-order valence-electron chi connectivity index (χ2n) is 4.91. The van der Waals surface area contributed by atoms with E-state index < -0.39 is 21.0 Å². The van der Waals surface area contributed by atoms with Crippen LogP contribution in [0.3, 0.4) is 0 Å². The molecular formula is C17H15BCl3N3O. The molecule has 4 N–H and O–H groups in total. The van der Waals surface area contributed by atoms with Gasteiger partial charge in [-0.05, 0) is 0 Å². The molecule has 2 aromatic carbocycles. The lowest BCUT2D eigenvalue weighted by Crippen LogP contribution is -2.26. The van der Waals surface area contributed by atoms with Crippen LogP contribution in [0.2, 0.25) is 0 Å². The molecule has 0 saturated heterocycles. The van der Waals surface area contributed by atoms with Crippen molar-refractivity contribution in [3.8, 4) is 6.07 Å². The number of amides is 1. The highest BCUT2D eigenvalue weighted by atomic mass is 35.6. The monoisotopic (exact) mass is 393 g/mol. The zero-order valence-electron chi connectivity index (χ0n) is 13.1. The second kappa shape index (κ2) is 10.00. The van der Waals surface area contributed by atoms with Crippen LogP contribution in [0.15, 0.2) is 71.9 Å². The van der Waals surface area contributed by atoms with E-state index in [9.17, 15) is 4.79 Å². The van der Waals surface area contributed by atoms with Gasteiger partial charge in [-0.25, -0.2) is 0 Å². The van der Waals surface area contributed by atoms with E-state index in [0.29, 0.717) is 0 Å². The summed E-state index contributed by atoms with van der Waals surface area (Å²) in [5.74, 6) is -1.03. The van der Waals surface area contributed by atoms with E-state index >= 15 is 0 Å². The molecule has 0 saturated carbocycles. The summed E-state index contributed by atoms with van der Waals surface area (Å²) in [7, 11) is 1.03. The van der Waals surface area contributed by atoms with Gasteiger partial charge in [-0.3, -0.25) is 4.79 Å². The minimum atomic E-state index is -1.99. The number of benzene rings is 2. The average Bonchev–Trinajstić information content (AvgIpc) is 2.57. The second-order valence-corrected chi connectivity index (χ2v) is 7.19. The highest BCUT2D eigenvalue weighted by molar-refractivity contribution is 6.69. The number of primary amides is 1. The summed E-state index contributed by atoms with van der Waals surface area (Å²) < 4.78 is -1.99. The highest BCUT2D eigenvalue weighted by Gasteiger charge is 2.28. The van der Waals surface area contributed by atoms with Crippen LogP contribution in [-0.2, 0) is 4.79 Å². The van der Waals surface area contributed by atoms with E-state index in [1.807, 2.05) is 0 Å². The molecule has 0 fully saturated rings. The number of halogens is 3. The Morgan fingerprint density at radius 2 is 1.32 bits per heavy atom. The lowest BCUT2D eigenvalue weighted by Gasteiger charge is -2.11. The summed E-state index contributed by atoms with van der Waals surface area (Å²) in [5, 5.41) is 8.37. The summed E-state index contributed by atoms with van der Waals surface area (Å²) in [5.41, 5.74) is 11.7. The van der Waals surface area contributed by atoms with Gasteiger partial charge in [0.15, 0.2) is 7.28 Å². The molecule has 0 heterocycles. The lowest BCUT2D eigenvalue weighted by molar-refractivity contribution is -0.114. The van der Waals surface area contributed by atoms with Crippen LogP contribution < -0.4 is 22.4 Å². The number of allylic oxidation sites excluding steroid dienone is 1. The number of hydrogen-bond donors (Lipinski definition) is 2. The van der Waals surface area contributed by atoms with Gasteiger partial charge in [-0.2, -0.15) is 5.26 Å². The van der Waals surface area contributed by atoms with Crippen LogP contribution in [0.25, 0.3) is 0 Å². The number of hydrogen-bond acceptors (Lipinski definition) is 3. The van der Waals surface area contributed by atoms with Crippen LogP contribution in [0.1, 0.15) is 0 Å². The molecule has 0 unspecified atom stereocenters. The lowest BCUT2D eigenvalue weighted by atomic mass is 9.64. The SMILES string of the molecule is B(c1ccccc1)c1ccccc1.N#C/C(C(N)=O)=C(/N)C(Cl)(Cl)Cl. The van der Waals surface area contributed by atoms with Gasteiger partial charge in [0.1, 0.15) is 11.6 Å². The summed E-state index contributed by atoms with van der Waals surface area (Å²) in [6.45, 7) is 0. The third-order valence-electron chi connectivity index (χ3n) is 3.03. The third kappa shape index (κ3) is 7.53. The Kier molecular flexibility index (Phi) is 8.37. The molecule has 1 amide bonds. The van der Waals surface area contributed by atoms with Crippen molar-refractivity contribution in [3.63, 3.8) is 0 Å². The van der Waals surface area contributed by atoms with Crippen molar-refractivity contribution in [3.05, 3.63) is 71.9 Å². The first-order valence-electron chi connectivity index (χ1n) is 7.10. The van der Waals surface area contributed by atoms with Gasteiger partial charge in [-0.1, -0.05) is 106 Å². The van der Waals surface area contributed by atoms with Gasteiger partial charge in [0.2, 0.25) is 3.79 Å². The van der Waals surface area contributed by atoms with Crippen molar-refractivity contribution in [2.45, 2.75) is 3.79 Å². The maximum Gasteiger partial charge on any atom is 0.261 e. The fraction of sp³-hybridized carbons (Fsp3) is 0.0588. The smallest absolute Gasteiger partial charge is 0.261 e. The Morgan fingerprint density at radius 3 is 1.56 bits per heavy atom. The number of nitrogens with zero attached hydrogens (tertiary/aromatic N) is 1. The van der Waals surface area contributed by atoms with Crippen LogP contribution >= 0.6 is 34.8 Å². The summed E-state index contributed by atoms with van der Waals surface area (Å²) >= 11 is 15.9. The van der Waals surface area contributed by atoms with Crippen molar-refractivity contribution in [1.29, 1.82) is 5.26 Å². The molecule has 0 aliphatic heterocycles. The molecule has 0 aliphatic rings. The van der Waals surface area contributed by atoms with Crippen LogP contribution in [0.4, 0.5) is 0 Å². The van der Waals surface area contributed by atoms with Crippen molar-refractivity contribution < 1.29 is 4.79 Å². The van der Waals surface area contributed by atoms with Crippen LogP contribution in [-0.4, -0.2) is 17.0 Å². The number of carbonyl (C=O) groups is 1. The summed E-state index contributed by atoms with van der Waals surface area (Å²) in [6.07, 6.45) is 0. The Hall–Kier alpha value is -2.13. The Bertz CT molecular complexity index is 732. The molecule has 0 spiro atoms. The number of alkyl halides is 3. The molecule has 25 heavy (non-hydrogen) atoms. The maximum atomic E-state index is 10.5. The van der Waals surface area contributed by atoms with Crippen LogP contribution in [0, 0.1) is 11.3 Å². The van der Waals surface area contributed by atoms with Gasteiger partial charge < -0.3 is 11.5 Å². The molecule has 0 radical (unpaired) electrons. The summed E-state index contributed by atoms with van der Waals surface area (Å²) in [4.78, 5) is 10.5. The van der Waals surface area contributed by atoms with Crippen molar-refractivity contribution in [2.24, 2.45) is 11.5 Å². The Labute approximate surface area is 162 Å². The Balaban J connectivity index is 0.000000252. The zero-order chi connectivity index (χ0) is 18.9. The van der Waals surface area contributed by atoms with Crippen LogP contribution in [0.5, 0.6) is 0 Å². The Morgan fingerprint density at radius 1 is 0.920 bits per heavy atom.